The number of nitrogens with zero attached hydrogens (tertiary/aromatic N) is 3. The van der Waals surface area contributed by atoms with Crippen LogP contribution in [0.4, 0.5) is 15.3 Å². The van der Waals surface area contributed by atoms with E-state index in [1.165, 1.54) is 10.3 Å². The number of hydrogen-bond donors (Lipinski definition) is 4. The molecule has 2 aromatic carbocycles. The van der Waals surface area contributed by atoms with Crippen LogP contribution in [0.25, 0.3) is 5.57 Å². The highest BCUT2D eigenvalue weighted by atomic mass is 16.6. The second-order valence-electron chi connectivity index (χ2n) is 13.6. The highest BCUT2D eigenvalue weighted by molar-refractivity contribution is 6.05. The number of aryl methyl sites for hydroxylation is 1. The first-order valence-corrected chi connectivity index (χ1v) is 15.7. The lowest BCUT2D eigenvalue weighted by molar-refractivity contribution is 0.0560. The standard InChI is InChI=1S/C35H43N7O5/c1-21-18-23(22-12-15-36-16-13-22)9-11-26(21)30(43)38-25-10-8-24-20-37-29(27(24)19-25)28-14-17-42(41-28)31(39-32(44)46-34(2,3)4)40-33(45)47-35(5,6)7/h8-12,14,17-19,29,36-37H,13,15-16,20H2,1-7H3,(H,38,43)(H,39,40,44,45). The van der Waals surface area contributed by atoms with Gasteiger partial charge in [-0.2, -0.15) is 5.10 Å². The Balaban J connectivity index is 1.35. The van der Waals surface area contributed by atoms with Gasteiger partial charge in [-0.05, 0) is 114 Å². The molecule has 47 heavy (non-hydrogen) atoms. The Labute approximate surface area is 275 Å². The molecule has 248 valence electrons. The normalized spacial score (nSPS) is 16.6. The van der Waals surface area contributed by atoms with E-state index in [-0.39, 0.29) is 17.9 Å². The number of aromatic nitrogens is 2. The summed E-state index contributed by atoms with van der Waals surface area (Å²) in [6, 6.07) is 13.2. The molecular formula is C35H43N7O5. The monoisotopic (exact) mass is 641 g/mol. The summed E-state index contributed by atoms with van der Waals surface area (Å²) in [5, 5.41) is 17.0. The fourth-order valence-electron chi connectivity index (χ4n) is 5.40. The molecule has 2 aliphatic rings. The largest absolute Gasteiger partial charge is 0.444 e. The number of nitrogens with one attached hydrogen (secondary N) is 4. The molecule has 0 fully saturated rings. The van der Waals surface area contributed by atoms with Gasteiger partial charge in [0.2, 0.25) is 5.96 Å². The molecule has 1 aromatic heterocycles. The SMILES string of the molecule is Cc1cc(C2=CCNCC2)ccc1C(=O)Nc1ccc2c(c1)C(c1ccn(/C(=N\C(=O)OC(C)(C)C)NC(=O)OC(C)(C)C)n1)NC2. The summed E-state index contributed by atoms with van der Waals surface area (Å²) < 4.78 is 12.0. The smallest absolute Gasteiger partial charge is 0.437 e. The van der Waals surface area contributed by atoms with Gasteiger partial charge in [-0.3, -0.25) is 10.1 Å². The number of hydrogen-bond acceptors (Lipinski definition) is 8. The summed E-state index contributed by atoms with van der Waals surface area (Å²) in [5.41, 5.74) is 5.70. The molecule has 3 aromatic rings. The van der Waals surface area contributed by atoms with Crippen LogP contribution in [0.5, 0.6) is 0 Å². The summed E-state index contributed by atoms with van der Waals surface area (Å²) in [7, 11) is 0. The number of ether oxygens (including phenoxy) is 2. The molecule has 12 nitrogen and oxygen atoms in total. The van der Waals surface area contributed by atoms with Crippen molar-refractivity contribution >= 4 is 35.3 Å². The number of amides is 3. The molecule has 3 amide bonds. The topological polar surface area (TPSA) is 148 Å². The maximum absolute atomic E-state index is 13.3. The summed E-state index contributed by atoms with van der Waals surface area (Å²) in [6.07, 6.45) is 3.06. The molecule has 0 saturated heterocycles. The number of benzene rings is 2. The van der Waals surface area contributed by atoms with Crippen LogP contribution in [-0.4, -0.2) is 58.1 Å². The Morgan fingerprint density at radius 2 is 1.77 bits per heavy atom. The van der Waals surface area contributed by atoms with Gasteiger partial charge in [0.05, 0.1) is 11.7 Å². The van der Waals surface area contributed by atoms with E-state index < -0.39 is 23.4 Å². The third-order valence-electron chi connectivity index (χ3n) is 7.44. The molecule has 4 N–H and O–H groups in total. The third kappa shape index (κ3) is 8.72. The van der Waals surface area contributed by atoms with Gasteiger partial charge in [0, 0.05) is 30.5 Å². The predicted molar refractivity (Wildman–Crippen MR) is 180 cm³/mol. The molecule has 0 spiro atoms. The molecule has 0 saturated carbocycles. The number of anilines is 1. The van der Waals surface area contributed by atoms with Crippen LogP contribution in [0.3, 0.4) is 0 Å². The lowest BCUT2D eigenvalue weighted by Gasteiger charge is -2.20. The highest BCUT2D eigenvalue weighted by Crippen LogP contribution is 2.32. The number of fused-ring (bicyclic) bond motifs is 1. The van der Waals surface area contributed by atoms with Gasteiger partial charge in [-0.15, -0.1) is 4.99 Å². The van der Waals surface area contributed by atoms with Gasteiger partial charge in [-0.25, -0.2) is 14.3 Å². The first-order chi connectivity index (χ1) is 22.1. The molecule has 2 aliphatic heterocycles. The second kappa shape index (κ2) is 13.5. The molecular weight excluding hydrogens is 598 g/mol. The first-order valence-electron chi connectivity index (χ1n) is 15.7. The average molecular weight is 642 g/mol. The number of carbonyl (C=O) groups is 3. The lowest BCUT2D eigenvalue weighted by Crippen LogP contribution is -2.40. The van der Waals surface area contributed by atoms with E-state index in [0.29, 0.717) is 23.5 Å². The number of alkyl carbamates (subject to hydrolysis) is 1. The van der Waals surface area contributed by atoms with Crippen LogP contribution in [-0.2, 0) is 16.0 Å². The van der Waals surface area contributed by atoms with Crippen molar-refractivity contribution in [3.05, 3.63) is 88.2 Å². The highest BCUT2D eigenvalue weighted by Gasteiger charge is 2.28. The van der Waals surface area contributed by atoms with E-state index in [4.69, 9.17) is 9.47 Å². The van der Waals surface area contributed by atoms with Crippen LogP contribution in [0.2, 0.25) is 0 Å². The average Bonchev–Trinajstić information content (AvgIpc) is 3.62. The van der Waals surface area contributed by atoms with E-state index in [9.17, 15) is 14.4 Å². The molecule has 5 rings (SSSR count). The van der Waals surface area contributed by atoms with Crippen molar-refractivity contribution in [2.45, 2.75) is 78.7 Å². The second-order valence-corrected chi connectivity index (χ2v) is 13.6. The van der Waals surface area contributed by atoms with E-state index in [0.717, 1.165) is 41.8 Å². The van der Waals surface area contributed by atoms with E-state index >= 15 is 0 Å². The number of aliphatic imine (C=N–C) groups is 1. The Morgan fingerprint density at radius 1 is 1.00 bits per heavy atom. The fraction of sp³-hybridized carbons (Fsp3) is 0.400. The minimum atomic E-state index is -0.890. The first kappa shape index (κ1) is 33.6. The summed E-state index contributed by atoms with van der Waals surface area (Å²) >= 11 is 0. The van der Waals surface area contributed by atoms with E-state index in [1.54, 1.807) is 53.8 Å². The van der Waals surface area contributed by atoms with Crippen molar-refractivity contribution in [2.75, 3.05) is 18.4 Å². The Hall–Kier alpha value is -4.81. The Bertz CT molecular complexity index is 1740. The van der Waals surface area contributed by atoms with Gasteiger partial charge in [0.25, 0.3) is 5.91 Å². The van der Waals surface area contributed by atoms with Gasteiger partial charge in [0.1, 0.15) is 11.2 Å². The summed E-state index contributed by atoms with van der Waals surface area (Å²) in [4.78, 5) is 42.5. The minimum absolute atomic E-state index is 0.170. The maximum Gasteiger partial charge on any atom is 0.437 e. The zero-order chi connectivity index (χ0) is 33.9. The zero-order valence-electron chi connectivity index (χ0n) is 28.0. The summed E-state index contributed by atoms with van der Waals surface area (Å²) in [6.45, 7) is 14.7. The van der Waals surface area contributed by atoms with Crippen molar-refractivity contribution in [3.8, 4) is 0 Å². The van der Waals surface area contributed by atoms with Crippen LogP contribution >= 0.6 is 0 Å². The molecule has 0 radical (unpaired) electrons. The Morgan fingerprint density at radius 3 is 2.45 bits per heavy atom. The van der Waals surface area contributed by atoms with Crippen molar-refractivity contribution in [1.29, 1.82) is 0 Å². The van der Waals surface area contributed by atoms with Gasteiger partial charge in [0.15, 0.2) is 0 Å². The summed E-state index contributed by atoms with van der Waals surface area (Å²) in [5.74, 6) is -0.354. The lowest BCUT2D eigenvalue weighted by atomic mass is 9.96. The van der Waals surface area contributed by atoms with Crippen molar-refractivity contribution in [1.82, 2.24) is 25.7 Å². The van der Waals surface area contributed by atoms with Gasteiger partial charge >= 0.3 is 12.2 Å². The van der Waals surface area contributed by atoms with E-state index in [2.05, 4.69) is 43.5 Å². The molecule has 0 bridgehead atoms. The molecule has 12 heteroatoms. The molecule has 0 aliphatic carbocycles. The van der Waals surface area contributed by atoms with Crippen LogP contribution in [0, 0.1) is 6.92 Å². The Kier molecular flexibility index (Phi) is 9.64. The zero-order valence-corrected chi connectivity index (χ0v) is 28.0. The quantitative estimate of drug-likeness (QED) is 0.210. The van der Waals surface area contributed by atoms with Crippen molar-refractivity contribution in [2.24, 2.45) is 4.99 Å². The maximum atomic E-state index is 13.3. The van der Waals surface area contributed by atoms with Gasteiger partial charge in [-0.1, -0.05) is 24.3 Å². The van der Waals surface area contributed by atoms with Gasteiger partial charge < -0.3 is 25.4 Å². The van der Waals surface area contributed by atoms with Crippen LogP contribution in [0.1, 0.15) is 92.3 Å². The third-order valence-corrected chi connectivity index (χ3v) is 7.44. The number of carbonyl (C=O) groups excluding carboxylic acids is 3. The molecule has 1 atom stereocenters. The predicted octanol–water partition coefficient (Wildman–Crippen LogP) is 5.68. The van der Waals surface area contributed by atoms with Crippen molar-refractivity contribution in [3.63, 3.8) is 0 Å². The molecule has 3 heterocycles. The minimum Gasteiger partial charge on any atom is -0.444 e. The fourth-order valence-corrected chi connectivity index (χ4v) is 5.40. The molecule has 1 unspecified atom stereocenters. The van der Waals surface area contributed by atoms with Crippen molar-refractivity contribution < 1.29 is 23.9 Å². The van der Waals surface area contributed by atoms with Crippen LogP contribution in [0.15, 0.2) is 59.7 Å². The van der Waals surface area contributed by atoms with E-state index in [1.807, 2.05) is 37.3 Å². The number of rotatable bonds is 4. The van der Waals surface area contributed by atoms with Crippen LogP contribution < -0.4 is 21.3 Å².